The first-order valence-corrected chi connectivity index (χ1v) is 10.1. The summed E-state index contributed by atoms with van der Waals surface area (Å²) in [6.07, 6.45) is 3.47. The highest BCUT2D eigenvalue weighted by molar-refractivity contribution is 5.98. The summed E-state index contributed by atoms with van der Waals surface area (Å²) in [5, 5.41) is 5.57. The molecule has 30 heavy (non-hydrogen) atoms. The van der Waals surface area contributed by atoms with E-state index in [0.717, 1.165) is 12.0 Å². The van der Waals surface area contributed by atoms with E-state index in [1.807, 2.05) is 30.3 Å². The number of furan rings is 1. The fourth-order valence-corrected chi connectivity index (χ4v) is 3.73. The molecule has 1 aliphatic heterocycles. The van der Waals surface area contributed by atoms with Gasteiger partial charge in [0.1, 0.15) is 25.0 Å². The number of ketones is 1. The number of carbonyl (C=O) groups is 3. The van der Waals surface area contributed by atoms with Crippen LogP contribution in [0.3, 0.4) is 0 Å². The summed E-state index contributed by atoms with van der Waals surface area (Å²) < 4.78 is 10.3. The summed E-state index contributed by atoms with van der Waals surface area (Å²) in [5.41, 5.74) is 1.20. The average molecular weight is 412 g/mol. The maximum Gasteiger partial charge on any atom is 0.255 e. The third-order valence-corrected chi connectivity index (χ3v) is 5.29. The van der Waals surface area contributed by atoms with Gasteiger partial charge >= 0.3 is 0 Å². The van der Waals surface area contributed by atoms with Crippen LogP contribution in [0, 0.1) is 5.41 Å². The van der Waals surface area contributed by atoms with E-state index in [9.17, 15) is 14.4 Å². The van der Waals surface area contributed by atoms with Crippen LogP contribution in [-0.2, 0) is 20.7 Å². The maximum atomic E-state index is 13.1. The Morgan fingerprint density at radius 1 is 1.20 bits per heavy atom. The van der Waals surface area contributed by atoms with Crippen LogP contribution in [0.2, 0.25) is 0 Å². The minimum absolute atomic E-state index is 0.0162. The first-order valence-electron chi connectivity index (χ1n) is 10.1. The Morgan fingerprint density at radius 3 is 2.53 bits per heavy atom. The monoisotopic (exact) mass is 412 g/mol. The van der Waals surface area contributed by atoms with Crippen molar-refractivity contribution in [3.63, 3.8) is 0 Å². The van der Waals surface area contributed by atoms with Crippen molar-refractivity contribution < 1.29 is 23.5 Å². The van der Waals surface area contributed by atoms with Crippen LogP contribution >= 0.6 is 0 Å². The number of ether oxygens (including phenoxy) is 1. The molecule has 3 rings (SSSR count). The van der Waals surface area contributed by atoms with Crippen molar-refractivity contribution in [3.05, 3.63) is 60.1 Å². The quantitative estimate of drug-likeness (QED) is 0.694. The van der Waals surface area contributed by atoms with Gasteiger partial charge in [0.2, 0.25) is 5.91 Å². The van der Waals surface area contributed by atoms with Crippen LogP contribution in [0.4, 0.5) is 0 Å². The van der Waals surface area contributed by atoms with Gasteiger partial charge in [0.05, 0.1) is 17.9 Å². The van der Waals surface area contributed by atoms with Crippen molar-refractivity contribution in [3.8, 4) is 0 Å². The fourth-order valence-electron chi connectivity index (χ4n) is 3.73. The van der Waals surface area contributed by atoms with Crippen LogP contribution in [0.25, 0.3) is 0 Å². The summed E-state index contributed by atoms with van der Waals surface area (Å²) in [6.45, 7) is 5.83. The molecule has 0 bridgehead atoms. The van der Waals surface area contributed by atoms with Gasteiger partial charge in [-0.2, -0.15) is 0 Å². The molecular weight excluding hydrogens is 384 g/mol. The molecular formula is C23H28N2O5. The molecule has 1 aromatic carbocycles. The van der Waals surface area contributed by atoms with Crippen LogP contribution in [-0.4, -0.2) is 42.4 Å². The van der Waals surface area contributed by atoms with Gasteiger partial charge in [-0.15, -0.1) is 0 Å². The van der Waals surface area contributed by atoms with E-state index in [-0.39, 0.29) is 17.8 Å². The number of benzene rings is 1. The molecule has 1 aliphatic rings. The summed E-state index contributed by atoms with van der Waals surface area (Å²) in [7, 11) is 0. The standard InChI is InChI=1S/C23H28N2O5/c1-15-20(19(26)14-30-15)25-22(28)18(24-21(27)17-9-10-29-13-17)12-23(2,3)11-16-7-5-4-6-8-16/h4-10,13,15,18,20H,11-12,14H2,1-3H3,(H,24,27)(H,25,28)/t15-,18?,20-/m0/s1. The third-order valence-electron chi connectivity index (χ3n) is 5.29. The summed E-state index contributed by atoms with van der Waals surface area (Å²) in [6, 6.07) is 10.0. The van der Waals surface area contributed by atoms with E-state index < -0.39 is 30.0 Å². The molecule has 0 saturated carbocycles. The Balaban J connectivity index is 1.74. The SMILES string of the molecule is C[C@@H]1OCC(=O)[C@H]1NC(=O)C(CC(C)(C)Cc1ccccc1)NC(=O)c1ccoc1. The van der Waals surface area contributed by atoms with Crippen molar-refractivity contribution in [1.82, 2.24) is 10.6 Å². The van der Waals surface area contributed by atoms with Crippen molar-refractivity contribution in [1.29, 1.82) is 0 Å². The number of hydrogen-bond acceptors (Lipinski definition) is 5. The zero-order valence-electron chi connectivity index (χ0n) is 17.5. The second kappa shape index (κ2) is 9.26. The van der Waals surface area contributed by atoms with E-state index in [4.69, 9.17) is 9.15 Å². The highest BCUT2D eigenvalue weighted by Crippen LogP contribution is 2.28. The molecule has 0 radical (unpaired) electrons. The van der Waals surface area contributed by atoms with Gasteiger partial charge in [-0.05, 0) is 36.8 Å². The third kappa shape index (κ3) is 5.57. The lowest BCUT2D eigenvalue weighted by Crippen LogP contribution is -2.54. The number of Topliss-reactive ketones (excluding diaryl/α,β-unsaturated/α-hetero) is 1. The number of rotatable bonds is 8. The Kier molecular flexibility index (Phi) is 6.72. The van der Waals surface area contributed by atoms with Crippen LogP contribution < -0.4 is 10.6 Å². The maximum absolute atomic E-state index is 13.1. The minimum Gasteiger partial charge on any atom is -0.472 e. The molecule has 1 aromatic heterocycles. The van der Waals surface area contributed by atoms with Crippen LogP contribution in [0.1, 0.15) is 43.1 Å². The fraction of sp³-hybridized carbons (Fsp3) is 0.435. The van der Waals surface area contributed by atoms with E-state index in [2.05, 4.69) is 24.5 Å². The number of amides is 2. The molecule has 1 unspecified atom stereocenters. The van der Waals surface area contributed by atoms with Crippen molar-refractivity contribution in [2.24, 2.45) is 5.41 Å². The first kappa shape index (κ1) is 21.8. The van der Waals surface area contributed by atoms with E-state index >= 15 is 0 Å². The largest absolute Gasteiger partial charge is 0.472 e. The molecule has 160 valence electrons. The number of hydrogen-bond donors (Lipinski definition) is 2. The van der Waals surface area contributed by atoms with Gasteiger partial charge in [-0.1, -0.05) is 44.2 Å². The average Bonchev–Trinajstić information content (AvgIpc) is 3.34. The van der Waals surface area contributed by atoms with Crippen molar-refractivity contribution in [2.75, 3.05) is 6.61 Å². The van der Waals surface area contributed by atoms with E-state index in [0.29, 0.717) is 12.0 Å². The zero-order valence-corrected chi connectivity index (χ0v) is 17.5. The molecule has 2 aromatic rings. The van der Waals surface area contributed by atoms with Gasteiger partial charge in [0.25, 0.3) is 5.91 Å². The first-order chi connectivity index (χ1) is 14.2. The van der Waals surface area contributed by atoms with Gasteiger partial charge in [0.15, 0.2) is 5.78 Å². The Morgan fingerprint density at radius 2 is 1.93 bits per heavy atom. The second-order valence-corrected chi connectivity index (χ2v) is 8.54. The molecule has 0 aliphatic carbocycles. The zero-order chi connectivity index (χ0) is 21.7. The number of carbonyl (C=O) groups excluding carboxylic acids is 3. The summed E-state index contributed by atoms with van der Waals surface area (Å²) >= 11 is 0. The second-order valence-electron chi connectivity index (χ2n) is 8.54. The van der Waals surface area contributed by atoms with Crippen LogP contribution in [0.5, 0.6) is 0 Å². The van der Waals surface area contributed by atoms with E-state index in [1.54, 1.807) is 6.92 Å². The number of nitrogens with one attached hydrogen (secondary N) is 2. The lowest BCUT2D eigenvalue weighted by molar-refractivity contribution is -0.128. The van der Waals surface area contributed by atoms with Crippen LogP contribution in [0.15, 0.2) is 53.3 Å². The molecule has 7 heteroatoms. The predicted molar refractivity (Wildman–Crippen MR) is 111 cm³/mol. The molecule has 0 spiro atoms. The van der Waals surface area contributed by atoms with Gasteiger partial charge in [0, 0.05) is 0 Å². The Bertz CT molecular complexity index is 876. The summed E-state index contributed by atoms with van der Waals surface area (Å²) in [4.78, 5) is 37.7. The van der Waals surface area contributed by atoms with E-state index in [1.165, 1.54) is 18.6 Å². The highest BCUT2D eigenvalue weighted by atomic mass is 16.5. The Labute approximate surface area is 176 Å². The lowest BCUT2D eigenvalue weighted by Gasteiger charge is -2.30. The normalized spacial score (nSPS) is 20.0. The Hall–Kier alpha value is -2.93. The van der Waals surface area contributed by atoms with Crippen molar-refractivity contribution >= 4 is 17.6 Å². The molecule has 1 saturated heterocycles. The molecule has 7 nitrogen and oxygen atoms in total. The van der Waals surface area contributed by atoms with Gasteiger partial charge < -0.3 is 19.8 Å². The van der Waals surface area contributed by atoms with Gasteiger partial charge in [-0.3, -0.25) is 14.4 Å². The smallest absolute Gasteiger partial charge is 0.255 e. The topological polar surface area (TPSA) is 97.6 Å². The van der Waals surface area contributed by atoms with Crippen molar-refractivity contribution in [2.45, 2.75) is 51.8 Å². The molecule has 2 heterocycles. The predicted octanol–water partition coefficient (Wildman–Crippen LogP) is 2.51. The highest BCUT2D eigenvalue weighted by Gasteiger charge is 2.37. The molecule has 1 fully saturated rings. The minimum atomic E-state index is -0.813. The molecule has 2 N–H and O–H groups in total. The lowest BCUT2D eigenvalue weighted by atomic mass is 9.79. The van der Waals surface area contributed by atoms with Gasteiger partial charge in [-0.25, -0.2) is 0 Å². The molecule has 3 atom stereocenters. The molecule has 2 amide bonds. The summed E-state index contributed by atoms with van der Waals surface area (Å²) in [5.74, 6) is -0.968.